The van der Waals surface area contributed by atoms with E-state index in [0.29, 0.717) is 11.1 Å². The number of halogens is 2. The molecule has 1 aliphatic heterocycles. The van der Waals surface area contributed by atoms with Gasteiger partial charge in [0.25, 0.3) is 11.8 Å². The Bertz CT molecular complexity index is 1140. The Kier molecular flexibility index (Phi) is 8.21. The number of hydrogen-bond donors (Lipinski definition) is 1. The minimum absolute atomic E-state index is 0.234. The molecule has 1 aliphatic rings. The molecule has 2 aromatic rings. The second kappa shape index (κ2) is 10.2. The lowest BCUT2D eigenvalue weighted by molar-refractivity contribution is 0.00578. The van der Waals surface area contributed by atoms with E-state index in [4.69, 9.17) is 9.31 Å². The zero-order valence-corrected chi connectivity index (χ0v) is 25.6. The molecule has 1 saturated heterocycles. The van der Waals surface area contributed by atoms with Crippen molar-refractivity contribution < 1.29 is 18.9 Å². The third-order valence-electron chi connectivity index (χ3n) is 6.65. The third-order valence-corrected chi connectivity index (χ3v) is 7.63. The molecule has 3 rings (SSSR count). The second-order valence-corrected chi connectivity index (χ2v) is 14.4. The van der Waals surface area contributed by atoms with Crippen molar-refractivity contribution in [1.29, 1.82) is 0 Å². The normalized spacial score (nSPS) is 16.8. The summed E-state index contributed by atoms with van der Waals surface area (Å²) in [4.78, 5) is 26.8. The van der Waals surface area contributed by atoms with E-state index in [1.54, 1.807) is 12.1 Å². The molecule has 0 aromatic heterocycles. The quantitative estimate of drug-likeness (QED) is 0.259. The molecule has 9 heteroatoms. The Morgan fingerprint density at radius 1 is 0.917 bits per heavy atom. The van der Waals surface area contributed by atoms with Crippen LogP contribution in [0.15, 0.2) is 36.4 Å². The highest BCUT2D eigenvalue weighted by molar-refractivity contribution is 9.24. The van der Waals surface area contributed by atoms with Crippen molar-refractivity contribution >= 4 is 56.3 Å². The van der Waals surface area contributed by atoms with Crippen LogP contribution in [0.1, 0.15) is 89.6 Å². The van der Waals surface area contributed by atoms with E-state index in [1.165, 1.54) is 5.01 Å². The molecule has 0 radical (unpaired) electrons. The maximum Gasteiger partial charge on any atom is 0.495 e. The van der Waals surface area contributed by atoms with E-state index in [2.05, 4.69) is 37.3 Å². The summed E-state index contributed by atoms with van der Waals surface area (Å²) < 4.78 is 12.2. The van der Waals surface area contributed by atoms with Gasteiger partial charge in [0.15, 0.2) is 0 Å². The van der Waals surface area contributed by atoms with E-state index in [9.17, 15) is 9.59 Å². The number of nitrogens with zero attached hydrogens (tertiary/aromatic N) is 1. The summed E-state index contributed by atoms with van der Waals surface area (Å²) in [6, 6.07) is 11.0. The standard InChI is InChI=1S/C27H35BBr2N2O4/c1-16-12-17(2)14-19(13-16)24(34)32(25(3,4)5)31-23(33)18-10-11-21(20(15-18)22(29)30)28-35-26(6,7)27(8,9)36-28/h10-15,22H,1-9H3,(H,31,33). The van der Waals surface area contributed by atoms with Gasteiger partial charge in [-0.2, -0.15) is 0 Å². The first kappa shape index (κ1) is 28.9. The van der Waals surface area contributed by atoms with Crippen LogP contribution < -0.4 is 10.9 Å². The van der Waals surface area contributed by atoms with Gasteiger partial charge in [0, 0.05) is 11.1 Å². The number of rotatable bonds is 4. The summed E-state index contributed by atoms with van der Waals surface area (Å²) in [6.07, 6.45) is 0. The molecule has 1 N–H and O–H groups in total. The number of amides is 2. The van der Waals surface area contributed by atoms with Crippen molar-refractivity contribution in [3.8, 4) is 0 Å². The van der Waals surface area contributed by atoms with Gasteiger partial charge in [-0.1, -0.05) is 55.1 Å². The summed E-state index contributed by atoms with van der Waals surface area (Å²) in [7, 11) is -0.572. The van der Waals surface area contributed by atoms with Gasteiger partial charge in [0.1, 0.15) is 0 Å². The van der Waals surface area contributed by atoms with Crippen LogP contribution in [-0.2, 0) is 9.31 Å². The summed E-state index contributed by atoms with van der Waals surface area (Å²) in [5.74, 6) is -0.652. The molecule has 1 fully saturated rings. The van der Waals surface area contributed by atoms with E-state index in [1.807, 2.05) is 86.6 Å². The molecule has 0 saturated carbocycles. The Morgan fingerprint density at radius 3 is 1.92 bits per heavy atom. The minimum atomic E-state index is -0.650. The van der Waals surface area contributed by atoms with Crippen molar-refractivity contribution in [2.45, 2.75) is 82.8 Å². The summed E-state index contributed by atoms with van der Waals surface area (Å²) in [5, 5.41) is 1.39. The van der Waals surface area contributed by atoms with E-state index >= 15 is 0 Å². The number of hydrogen-bond acceptors (Lipinski definition) is 4. The van der Waals surface area contributed by atoms with Crippen LogP contribution in [0.2, 0.25) is 0 Å². The molecule has 0 atom stereocenters. The highest BCUT2D eigenvalue weighted by atomic mass is 79.9. The van der Waals surface area contributed by atoms with Crippen LogP contribution in [0.4, 0.5) is 0 Å². The largest absolute Gasteiger partial charge is 0.495 e. The lowest BCUT2D eigenvalue weighted by Crippen LogP contribution is -2.56. The van der Waals surface area contributed by atoms with Gasteiger partial charge in [0.05, 0.1) is 20.5 Å². The summed E-state index contributed by atoms with van der Waals surface area (Å²) >= 11 is 7.16. The molecule has 0 unspecified atom stereocenters. The average Bonchev–Trinajstić information content (AvgIpc) is 2.96. The number of nitrogens with one attached hydrogen (secondary N) is 1. The molecule has 0 aliphatic carbocycles. The first-order chi connectivity index (χ1) is 16.4. The number of aryl methyl sites for hydroxylation is 2. The second-order valence-electron chi connectivity index (χ2n) is 11.4. The van der Waals surface area contributed by atoms with Crippen LogP contribution in [0.5, 0.6) is 0 Å². The Morgan fingerprint density at radius 2 is 1.44 bits per heavy atom. The molecule has 1 heterocycles. The molecular formula is C27H35BBr2N2O4. The Hall–Kier alpha value is -1.68. The highest BCUT2D eigenvalue weighted by Gasteiger charge is 2.52. The first-order valence-electron chi connectivity index (χ1n) is 11.9. The zero-order valence-electron chi connectivity index (χ0n) is 22.5. The summed E-state index contributed by atoms with van der Waals surface area (Å²) in [6.45, 7) is 17.6. The molecule has 6 nitrogen and oxygen atoms in total. The molecule has 194 valence electrons. The van der Waals surface area contributed by atoms with Crippen molar-refractivity contribution in [2.24, 2.45) is 0 Å². The Labute approximate surface area is 231 Å². The zero-order chi connectivity index (χ0) is 27.2. The highest BCUT2D eigenvalue weighted by Crippen LogP contribution is 2.38. The predicted octanol–water partition coefficient (Wildman–Crippen LogP) is 5.98. The fourth-order valence-electron chi connectivity index (χ4n) is 4.01. The smallest absolute Gasteiger partial charge is 0.399 e. The SMILES string of the molecule is Cc1cc(C)cc(C(=O)N(NC(=O)c2ccc(B3OC(C)(C)C(C)(C)O3)c(C(Br)Br)c2)C(C)(C)C)c1. The van der Waals surface area contributed by atoms with E-state index in [0.717, 1.165) is 22.2 Å². The first-order valence-corrected chi connectivity index (χ1v) is 13.8. The number of hydrazine groups is 1. The predicted molar refractivity (Wildman–Crippen MR) is 152 cm³/mol. The van der Waals surface area contributed by atoms with Crippen molar-refractivity contribution in [2.75, 3.05) is 0 Å². The van der Waals surface area contributed by atoms with Crippen molar-refractivity contribution in [3.05, 3.63) is 64.2 Å². The minimum Gasteiger partial charge on any atom is -0.399 e. The summed E-state index contributed by atoms with van der Waals surface area (Å²) in [5.41, 5.74) is 5.77. The number of benzene rings is 2. The van der Waals surface area contributed by atoms with Crippen molar-refractivity contribution in [1.82, 2.24) is 10.4 Å². The van der Waals surface area contributed by atoms with E-state index < -0.39 is 23.9 Å². The molecule has 0 spiro atoms. The fourth-order valence-corrected chi connectivity index (χ4v) is 4.80. The van der Waals surface area contributed by atoms with Gasteiger partial charge in [0.2, 0.25) is 0 Å². The monoisotopic (exact) mass is 620 g/mol. The number of alkyl halides is 2. The number of carbonyl (C=O) groups excluding carboxylic acids is 2. The molecule has 2 aromatic carbocycles. The maximum atomic E-state index is 13.5. The lowest BCUT2D eigenvalue weighted by atomic mass is 9.76. The average molecular weight is 622 g/mol. The van der Waals surface area contributed by atoms with Gasteiger partial charge in [-0.3, -0.25) is 15.0 Å². The third kappa shape index (κ3) is 6.06. The Balaban J connectivity index is 1.92. The lowest BCUT2D eigenvalue weighted by Gasteiger charge is -2.35. The molecule has 2 amide bonds. The van der Waals surface area contributed by atoms with Gasteiger partial charge in [-0.25, -0.2) is 5.01 Å². The van der Waals surface area contributed by atoms with Gasteiger partial charge in [-0.15, -0.1) is 0 Å². The maximum absolute atomic E-state index is 13.5. The van der Waals surface area contributed by atoms with Crippen LogP contribution in [0.3, 0.4) is 0 Å². The topological polar surface area (TPSA) is 67.9 Å². The molecule has 36 heavy (non-hydrogen) atoms. The molecule has 0 bridgehead atoms. The van der Waals surface area contributed by atoms with E-state index in [-0.39, 0.29) is 15.6 Å². The molecular weight excluding hydrogens is 587 g/mol. The van der Waals surface area contributed by atoms with Crippen LogP contribution in [0, 0.1) is 13.8 Å². The van der Waals surface area contributed by atoms with Crippen LogP contribution >= 0.6 is 31.9 Å². The fraction of sp³-hybridized carbons (Fsp3) is 0.481. The van der Waals surface area contributed by atoms with Crippen LogP contribution in [-0.4, -0.2) is 40.7 Å². The van der Waals surface area contributed by atoms with Crippen LogP contribution in [0.25, 0.3) is 0 Å². The van der Waals surface area contributed by atoms with Crippen molar-refractivity contribution in [3.63, 3.8) is 0 Å². The number of carbonyl (C=O) groups is 2. The van der Waals surface area contributed by atoms with Gasteiger partial charge >= 0.3 is 7.12 Å². The van der Waals surface area contributed by atoms with Gasteiger partial charge in [-0.05, 0) is 97.6 Å². The van der Waals surface area contributed by atoms with Gasteiger partial charge < -0.3 is 9.31 Å².